The van der Waals surface area contributed by atoms with Crippen molar-refractivity contribution in [3.8, 4) is 0 Å². The van der Waals surface area contributed by atoms with Gasteiger partial charge in [0.15, 0.2) is 10.8 Å². The van der Waals surface area contributed by atoms with Crippen LogP contribution in [-0.2, 0) is 6.54 Å². The number of nitrogens with one attached hydrogen (secondary N) is 1. The normalized spacial score (nSPS) is 11.2. The van der Waals surface area contributed by atoms with Crippen LogP contribution in [0.15, 0.2) is 42.5 Å². The Morgan fingerprint density at radius 1 is 1.25 bits per heavy atom. The Labute approximate surface area is 142 Å². The summed E-state index contributed by atoms with van der Waals surface area (Å²) >= 11 is 1.47. The fourth-order valence-corrected chi connectivity index (χ4v) is 3.69. The van der Waals surface area contributed by atoms with Gasteiger partial charge in [0.25, 0.3) is 5.91 Å². The lowest BCUT2D eigenvalue weighted by atomic mass is 10.1. The lowest BCUT2D eigenvalue weighted by Crippen LogP contribution is -2.13. The van der Waals surface area contributed by atoms with Crippen molar-refractivity contribution in [2.24, 2.45) is 0 Å². The van der Waals surface area contributed by atoms with Crippen molar-refractivity contribution >= 4 is 43.4 Å². The number of nitrogens with zero attached hydrogens (tertiary/aromatic N) is 3. The summed E-state index contributed by atoms with van der Waals surface area (Å²) < 4.78 is 2.86. The van der Waals surface area contributed by atoms with Crippen molar-refractivity contribution in [2.75, 3.05) is 5.32 Å². The van der Waals surface area contributed by atoms with Gasteiger partial charge in [-0.05, 0) is 31.4 Å². The van der Waals surface area contributed by atoms with E-state index in [1.807, 2.05) is 32.0 Å². The molecular formula is C18H16N4OS. The van der Waals surface area contributed by atoms with Crippen LogP contribution in [0.25, 0.3) is 21.0 Å². The van der Waals surface area contributed by atoms with Crippen LogP contribution in [0.4, 0.5) is 5.13 Å². The predicted molar refractivity (Wildman–Crippen MR) is 97.7 cm³/mol. The molecule has 4 aromatic rings. The molecule has 0 saturated heterocycles. The van der Waals surface area contributed by atoms with Gasteiger partial charge < -0.3 is 0 Å². The number of anilines is 1. The second-order valence-electron chi connectivity index (χ2n) is 5.59. The largest absolute Gasteiger partial charge is 0.296 e. The second-order valence-corrected chi connectivity index (χ2v) is 6.62. The molecule has 120 valence electrons. The standard InChI is InChI=1S/C18H16N4OS/c1-3-22-11(2)10-14(21-22)17(23)20-18-19-16-13-7-5-4-6-12(13)8-9-15(16)24-18/h4-10H,3H2,1-2H3,(H,19,20,23). The highest BCUT2D eigenvalue weighted by atomic mass is 32.1. The van der Waals surface area contributed by atoms with Crippen LogP contribution in [0.2, 0.25) is 0 Å². The summed E-state index contributed by atoms with van der Waals surface area (Å²) in [4.78, 5) is 17.0. The van der Waals surface area contributed by atoms with Crippen LogP contribution in [0.1, 0.15) is 23.1 Å². The van der Waals surface area contributed by atoms with E-state index in [0.717, 1.165) is 33.2 Å². The Morgan fingerprint density at radius 2 is 2.08 bits per heavy atom. The molecule has 1 amide bonds. The average Bonchev–Trinajstić information content (AvgIpc) is 3.17. The Bertz CT molecular complexity index is 1060. The van der Waals surface area contributed by atoms with Gasteiger partial charge in [-0.25, -0.2) is 4.98 Å². The molecule has 1 N–H and O–H groups in total. The van der Waals surface area contributed by atoms with Crippen LogP contribution in [0.5, 0.6) is 0 Å². The Hall–Kier alpha value is -2.73. The van der Waals surface area contributed by atoms with E-state index in [4.69, 9.17) is 0 Å². The second kappa shape index (κ2) is 5.72. The van der Waals surface area contributed by atoms with Gasteiger partial charge in [-0.3, -0.25) is 14.8 Å². The summed E-state index contributed by atoms with van der Waals surface area (Å²) in [6.07, 6.45) is 0. The summed E-state index contributed by atoms with van der Waals surface area (Å²) in [5, 5.41) is 10.0. The van der Waals surface area contributed by atoms with E-state index >= 15 is 0 Å². The Morgan fingerprint density at radius 3 is 2.88 bits per heavy atom. The lowest BCUT2D eigenvalue weighted by Gasteiger charge is -1.98. The van der Waals surface area contributed by atoms with Gasteiger partial charge in [-0.1, -0.05) is 41.7 Å². The van der Waals surface area contributed by atoms with Crippen molar-refractivity contribution < 1.29 is 4.79 Å². The number of amides is 1. The molecule has 2 heterocycles. The zero-order chi connectivity index (χ0) is 16.7. The summed E-state index contributed by atoms with van der Waals surface area (Å²) in [7, 11) is 0. The van der Waals surface area contributed by atoms with E-state index in [0.29, 0.717) is 10.8 Å². The van der Waals surface area contributed by atoms with Gasteiger partial charge in [0.2, 0.25) is 0 Å². The van der Waals surface area contributed by atoms with E-state index < -0.39 is 0 Å². The van der Waals surface area contributed by atoms with Gasteiger partial charge in [0, 0.05) is 17.6 Å². The number of aromatic nitrogens is 3. The van der Waals surface area contributed by atoms with Crippen molar-refractivity contribution in [1.29, 1.82) is 0 Å². The molecule has 0 atom stereocenters. The molecule has 24 heavy (non-hydrogen) atoms. The minimum atomic E-state index is -0.228. The number of fused-ring (bicyclic) bond motifs is 3. The minimum Gasteiger partial charge on any atom is -0.296 e. The topological polar surface area (TPSA) is 59.8 Å². The smallest absolute Gasteiger partial charge is 0.277 e. The third-order valence-electron chi connectivity index (χ3n) is 4.02. The van der Waals surface area contributed by atoms with Gasteiger partial charge in [-0.2, -0.15) is 5.10 Å². The van der Waals surface area contributed by atoms with Crippen LogP contribution in [0, 0.1) is 6.92 Å². The molecule has 6 heteroatoms. The highest BCUT2D eigenvalue weighted by Gasteiger charge is 2.15. The van der Waals surface area contributed by atoms with Crippen molar-refractivity contribution in [3.05, 3.63) is 53.9 Å². The summed E-state index contributed by atoms with van der Waals surface area (Å²) in [5.74, 6) is -0.228. The first-order valence-corrected chi connectivity index (χ1v) is 8.61. The highest BCUT2D eigenvalue weighted by Crippen LogP contribution is 2.31. The van der Waals surface area contributed by atoms with Gasteiger partial charge >= 0.3 is 0 Å². The summed E-state index contributed by atoms with van der Waals surface area (Å²) in [6, 6.07) is 14.0. The van der Waals surface area contributed by atoms with Gasteiger partial charge in [-0.15, -0.1) is 0 Å². The van der Waals surface area contributed by atoms with Crippen molar-refractivity contribution in [3.63, 3.8) is 0 Å². The highest BCUT2D eigenvalue weighted by molar-refractivity contribution is 7.22. The molecule has 0 radical (unpaired) electrons. The maximum absolute atomic E-state index is 12.4. The van der Waals surface area contributed by atoms with Crippen LogP contribution >= 0.6 is 11.3 Å². The quantitative estimate of drug-likeness (QED) is 0.609. The zero-order valence-electron chi connectivity index (χ0n) is 13.4. The minimum absolute atomic E-state index is 0.228. The molecule has 0 fully saturated rings. The number of carbonyl (C=O) groups excluding carboxylic acids is 1. The fraction of sp³-hybridized carbons (Fsp3) is 0.167. The molecule has 0 unspecified atom stereocenters. The van der Waals surface area contributed by atoms with E-state index in [-0.39, 0.29) is 5.91 Å². The molecule has 0 aliphatic rings. The monoisotopic (exact) mass is 336 g/mol. The van der Waals surface area contributed by atoms with E-state index in [2.05, 4.69) is 33.6 Å². The lowest BCUT2D eigenvalue weighted by molar-refractivity contribution is 0.102. The molecule has 0 bridgehead atoms. The SMILES string of the molecule is CCn1nc(C(=O)Nc2nc3c(ccc4ccccc43)s2)cc1C. The number of aryl methyl sites for hydroxylation is 2. The summed E-state index contributed by atoms with van der Waals surface area (Å²) in [5.41, 5.74) is 2.31. The number of benzene rings is 2. The van der Waals surface area contributed by atoms with E-state index in [1.165, 1.54) is 11.3 Å². The first kappa shape index (κ1) is 14.8. The average molecular weight is 336 g/mol. The molecule has 0 saturated carbocycles. The molecule has 5 nitrogen and oxygen atoms in total. The first-order chi connectivity index (χ1) is 11.7. The molecular weight excluding hydrogens is 320 g/mol. The number of hydrogen-bond donors (Lipinski definition) is 1. The van der Waals surface area contributed by atoms with Crippen molar-refractivity contribution in [1.82, 2.24) is 14.8 Å². The van der Waals surface area contributed by atoms with Gasteiger partial charge in [0.05, 0.1) is 10.2 Å². The van der Waals surface area contributed by atoms with Gasteiger partial charge in [0.1, 0.15) is 0 Å². The van der Waals surface area contributed by atoms with E-state index in [1.54, 1.807) is 10.7 Å². The third-order valence-corrected chi connectivity index (χ3v) is 4.95. The number of rotatable bonds is 3. The van der Waals surface area contributed by atoms with Crippen LogP contribution < -0.4 is 5.32 Å². The van der Waals surface area contributed by atoms with Crippen LogP contribution in [-0.4, -0.2) is 20.7 Å². The molecule has 0 aliphatic carbocycles. The molecule has 2 aromatic carbocycles. The predicted octanol–water partition coefficient (Wildman–Crippen LogP) is 4.23. The van der Waals surface area contributed by atoms with E-state index in [9.17, 15) is 4.79 Å². The zero-order valence-corrected chi connectivity index (χ0v) is 14.2. The van der Waals surface area contributed by atoms with Crippen molar-refractivity contribution in [2.45, 2.75) is 20.4 Å². The molecule has 0 aliphatic heterocycles. The third kappa shape index (κ3) is 2.45. The molecule has 0 spiro atoms. The Balaban J connectivity index is 1.69. The first-order valence-electron chi connectivity index (χ1n) is 7.80. The molecule has 2 aromatic heterocycles. The number of hydrogen-bond acceptors (Lipinski definition) is 4. The number of carbonyl (C=O) groups is 1. The summed E-state index contributed by atoms with van der Waals surface area (Å²) in [6.45, 7) is 4.68. The maximum atomic E-state index is 12.4. The van der Waals surface area contributed by atoms with Crippen LogP contribution in [0.3, 0.4) is 0 Å². The maximum Gasteiger partial charge on any atom is 0.277 e. The Kier molecular flexibility index (Phi) is 3.54. The fourth-order valence-electron chi connectivity index (χ4n) is 2.82. The molecule has 4 rings (SSSR count). The number of thiazole rings is 1.